The second-order valence-corrected chi connectivity index (χ2v) is 7.04. The summed E-state index contributed by atoms with van der Waals surface area (Å²) < 4.78 is 0. The molecule has 0 amide bonds. The number of thiocarbonyl (C=S) groups is 1. The van der Waals surface area contributed by atoms with Crippen LogP contribution in [0.2, 0.25) is 0 Å². The first-order chi connectivity index (χ1) is 14.2. The highest BCUT2D eigenvalue weighted by molar-refractivity contribution is 7.80. The van der Waals surface area contributed by atoms with Crippen molar-refractivity contribution < 1.29 is 0 Å². The van der Waals surface area contributed by atoms with Gasteiger partial charge in [-0.2, -0.15) is 5.10 Å². The minimum Gasteiger partial charge on any atom is -0.367 e. The Kier molecular flexibility index (Phi) is 7.78. The van der Waals surface area contributed by atoms with Gasteiger partial charge in [0.15, 0.2) is 5.11 Å². The van der Waals surface area contributed by atoms with Crippen LogP contribution >= 0.6 is 12.2 Å². The van der Waals surface area contributed by atoms with Crippen LogP contribution in [-0.2, 0) is 13.1 Å². The standard InChI is InChI=1S/C24H26N4S/c1-2-28(19-22-11-7-4-8-12-22)23-15-13-21(14-16-23)18-26-27-24(29)25-17-20-9-5-3-6-10-20/h3-16,18H,2,17,19H2,1H3,(H2,25,27,29). The molecule has 0 aliphatic rings. The lowest BCUT2D eigenvalue weighted by atomic mass is 10.1. The van der Waals surface area contributed by atoms with E-state index in [9.17, 15) is 0 Å². The van der Waals surface area contributed by atoms with Crippen LogP contribution in [-0.4, -0.2) is 17.9 Å². The Balaban J connectivity index is 1.49. The average Bonchev–Trinajstić information content (AvgIpc) is 2.78. The molecule has 148 valence electrons. The van der Waals surface area contributed by atoms with Gasteiger partial charge in [0, 0.05) is 25.3 Å². The number of benzene rings is 3. The van der Waals surface area contributed by atoms with E-state index in [0.29, 0.717) is 11.7 Å². The van der Waals surface area contributed by atoms with Gasteiger partial charge in [-0.1, -0.05) is 72.8 Å². The fraction of sp³-hybridized carbons (Fsp3) is 0.167. The molecule has 0 atom stereocenters. The van der Waals surface area contributed by atoms with Crippen LogP contribution in [0.4, 0.5) is 5.69 Å². The molecular weight excluding hydrogens is 376 g/mol. The fourth-order valence-corrected chi connectivity index (χ4v) is 3.07. The summed E-state index contributed by atoms with van der Waals surface area (Å²) in [6.45, 7) is 4.69. The van der Waals surface area contributed by atoms with Gasteiger partial charge in [0.05, 0.1) is 6.21 Å². The van der Waals surface area contributed by atoms with Crippen LogP contribution in [0, 0.1) is 0 Å². The predicted octanol–water partition coefficient (Wildman–Crippen LogP) is 4.71. The Morgan fingerprint density at radius 3 is 2.14 bits per heavy atom. The van der Waals surface area contributed by atoms with E-state index in [0.717, 1.165) is 18.7 Å². The molecule has 2 N–H and O–H groups in total. The van der Waals surface area contributed by atoms with Crippen molar-refractivity contribution in [2.45, 2.75) is 20.0 Å². The Morgan fingerprint density at radius 2 is 1.52 bits per heavy atom. The number of nitrogens with zero attached hydrogens (tertiary/aromatic N) is 2. The van der Waals surface area contributed by atoms with Gasteiger partial charge in [0.2, 0.25) is 0 Å². The molecule has 3 rings (SSSR count). The van der Waals surface area contributed by atoms with Crippen LogP contribution in [0.5, 0.6) is 0 Å². The molecule has 0 saturated heterocycles. The molecule has 0 radical (unpaired) electrons. The van der Waals surface area contributed by atoms with Crippen molar-refractivity contribution in [1.29, 1.82) is 0 Å². The smallest absolute Gasteiger partial charge is 0.187 e. The summed E-state index contributed by atoms with van der Waals surface area (Å²) in [7, 11) is 0. The first-order valence-electron chi connectivity index (χ1n) is 9.74. The molecule has 0 fully saturated rings. The normalized spacial score (nSPS) is 10.7. The fourth-order valence-electron chi connectivity index (χ4n) is 2.94. The quantitative estimate of drug-likeness (QED) is 0.325. The zero-order valence-corrected chi connectivity index (χ0v) is 17.4. The summed E-state index contributed by atoms with van der Waals surface area (Å²) in [5.74, 6) is 0. The minimum atomic E-state index is 0.502. The summed E-state index contributed by atoms with van der Waals surface area (Å²) in [4.78, 5) is 2.34. The second kappa shape index (κ2) is 11.0. The van der Waals surface area contributed by atoms with Gasteiger partial charge in [-0.15, -0.1) is 0 Å². The molecule has 0 bridgehead atoms. The van der Waals surface area contributed by atoms with Crippen molar-refractivity contribution in [2.24, 2.45) is 5.10 Å². The van der Waals surface area contributed by atoms with E-state index >= 15 is 0 Å². The second-order valence-electron chi connectivity index (χ2n) is 6.63. The number of nitrogens with one attached hydrogen (secondary N) is 2. The molecule has 0 aliphatic carbocycles. The van der Waals surface area contributed by atoms with E-state index < -0.39 is 0 Å². The summed E-state index contributed by atoms with van der Waals surface area (Å²) in [6, 6.07) is 29.0. The Bertz CT molecular complexity index is 909. The third kappa shape index (κ3) is 6.73. The van der Waals surface area contributed by atoms with Gasteiger partial charge in [0.1, 0.15) is 0 Å². The molecule has 5 heteroatoms. The van der Waals surface area contributed by atoms with E-state index in [1.807, 2.05) is 24.3 Å². The van der Waals surface area contributed by atoms with Crippen LogP contribution in [0.25, 0.3) is 0 Å². The van der Waals surface area contributed by atoms with Gasteiger partial charge < -0.3 is 10.2 Å². The SMILES string of the molecule is CCN(Cc1ccccc1)c1ccc(C=NNC(=S)NCc2ccccc2)cc1. The molecule has 0 aliphatic heterocycles. The van der Waals surface area contributed by atoms with Crippen molar-refractivity contribution in [1.82, 2.24) is 10.7 Å². The van der Waals surface area contributed by atoms with E-state index in [1.165, 1.54) is 16.8 Å². The lowest BCUT2D eigenvalue weighted by molar-refractivity contribution is 0.832. The maximum Gasteiger partial charge on any atom is 0.187 e. The van der Waals surface area contributed by atoms with E-state index in [4.69, 9.17) is 12.2 Å². The summed E-state index contributed by atoms with van der Waals surface area (Å²) in [5, 5.41) is 7.87. The number of hydrogen-bond donors (Lipinski definition) is 2. The largest absolute Gasteiger partial charge is 0.367 e. The van der Waals surface area contributed by atoms with E-state index in [2.05, 4.69) is 88.3 Å². The van der Waals surface area contributed by atoms with Crippen LogP contribution in [0.3, 0.4) is 0 Å². The number of anilines is 1. The highest BCUT2D eigenvalue weighted by Gasteiger charge is 2.05. The first kappa shape index (κ1) is 20.6. The molecule has 0 heterocycles. The number of hydrazone groups is 1. The Labute approximate surface area is 178 Å². The maximum absolute atomic E-state index is 5.26. The molecule has 0 aromatic heterocycles. The van der Waals surface area contributed by atoms with Gasteiger partial charge in [-0.25, -0.2) is 0 Å². The zero-order chi connectivity index (χ0) is 20.3. The number of hydrogen-bond acceptors (Lipinski definition) is 3. The third-order valence-corrected chi connectivity index (χ3v) is 4.77. The van der Waals surface area contributed by atoms with Crippen LogP contribution in [0.1, 0.15) is 23.6 Å². The minimum absolute atomic E-state index is 0.502. The van der Waals surface area contributed by atoms with Gasteiger partial charge >= 0.3 is 0 Å². The molecule has 3 aromatic carbocycles. The molecule has 3 aromatic rings. The zero-order valence-electron chi connectivity index (χ0n) is 16.6. The monoisotopic (exact) mass is 402 g/mol. The molecule has 0 unspecified atom stereocenters. The Morgan fingerprint density at radius 1 is 0.897 bits per heavy atom. The van der Waals surface area contributed by atoms with Crippen molar-refractivity contribution in [3.63, 3.8) is 0 Å². The lowest BCUT2D eigenvalue weighted by Crippen LogP contribution is -2.31. The first-order valence-corrected chi connectivity index (χ1v) is 10.1. The molecule has 4 nitrogen and oxygen atoms in total. The predicted molar refractivity (Wildman–Crippen MR) is 126 cm³/mol. The maximum atomic E-state index is 5.26. The summed E-state index contributed by atoms with van der Waals surface area (Å²) in [5.41, 5.74) is 7.55. The molecule has 0 spiro atoms. The topological polar surface area (TPSA) is 39.7 Å². The van der Waals surface area contributed by atoms with Crippen molar-refractivity contribution in [2.75, 3.05) is 11.4 Å². The summed E-state index contributed by atoms with van der Waals surface area (Å²) >= 11 is 5.26. The van der Waals surface area contributed by atoms with E-state index in [1.54, 1.807) is 6.21 Å². The number of rotatable bonds is 8. The highest BCUT2D eigenvalue weighted by Crippen LogP contribution is 2.17. The van der Waals surface area contributed by atoms with Crippen molar-refractivity contribution in [3.8, 4) is 0 Å². The van der Waals surface area contributed by atoms with Crippen LogP contribution < -0.4 is 15.6 Å². The summed E-state index contributed by atoms with van der Waals surface area (Å²) in [6.07, 6.45) is 1.77. The lowest BCUT2D eigenvalue weighted by Gasteiger charge is -2.23. The third-order valence-electron chi connectivity index (χ3n) is 4.53. The Hall–Kier alpha value is -3.18. The van der Waals surface area contributed by atoms with Crippen LogP contribution in [0.15, 0.2) is 90.0 Å². The van der Waals surface area contributed by atoms with Crippen molar-refractivity contribution in [3.05, 3.63) is 102 Å². The molecule has 0 saturated carbocycles. The molecular formula is C24H26N4S. The van der Waals surface area contributed by atoms with Gasteiger partial charge in [-0.05, 0) is 48.0 Å². The molecule has 29 heavy (non-hydrogen) atoms. The average molecular weight is 403 g/mol. The van der Waals surface area contributed by atoms with Crippen molar-refractivity contribution >= 4 is 29.2 Å². The van der Waals surface area contributed by atoms with Gasteiger partial charge in [0.25, 0.3) is 0 Å². The van der Waals surface area contributed by atoms with E-state index in [-0.39, 0.29) is 0 Å². The highest BCUT2D eigenvalue weighted by atomic mass is 32.1. The van der Waals surface area contributed by atoms with Gasteiger partial charge in [-0.3, -0.25) is 5.43 Å².